The number of piperidine rings is 1. The molecule has 1 N–H and O–H groups in total. The summed E-state index contributed by atoms with van der Waals surface area (Å²) in [4.78, 5) is 25.7. The van der Waals surface area contributed by atoms with Crippen molar-refractivity contribution in [1.29, 1.82) is 0 Å². The van der Waals surface area contributed by atoms with Crippen LogP contribution in [0.4, 0.5) is 0 Å². The second-order valence-electron chi connectivity index (χ2n) is 5.14. The van der Waals surface area contributed by atoms with Crippen LogP contribution in [-0.4, -0.2) is 41.6 Å². The summed E-state index contributed by atoms with van der Waals surface area (Å²) in [6, 6.07) is 8.96. The summed E-state index contributed by atoms with van der Waals surface area (Å²) in [6.07, 6.45) is 1.39. The summed E-state index contributed by atoms with van der Waals surface area (Å²) in [7, 11) is 0. The minimum Gasteiger partial charge on any atom is -0.466 e. The molecule has 1 aromatic rings. The molecule has 5 nitrogen and oxygen atoms in total. The Morgan fingerprint density at radius 1 is 1.27 bits per heavy atom. The lowest BCUT2D eigenvalue weighted by Crippen LogP contribution is -2.47. The average molecular weight is 320 g/mol. The molecule has 0 saturated carbocycles. The molecule has 0 aromatic heterocycles. The third-order valence-corrected chi connectivity index (χ3v) is 4.02. The van der Waals surface area contributed by atoms with Gasteiger partial charge in [-0.1, -0.05) is 18.2 Å². The van der Waals surface area contributed by atoms with Crippen molar-refractivity contribution in [2.75, 3.05) is 19.7 Å². The smallest absolute Gasteiger partial charge is 0.309 e. The van der Waals surface area contributed by atoms with Gasteiger partial charge >= 0.3 is 5.97 Å². The Labute approximate surface area is 135 Å². The number of nitrogens with one attached hydrogen (secondary N) is 1. The van der Waals surface area contributed by atoms with Crippen molar-refractivity contribution in [3.05, 3.63) is 35.9 Å². The molecule has 1 fully saturated rings. The van der Waals surface area contributed by atoms with Crippen molar-refractivity contribution in [1.82, 2.24) is 10.2 Å². The van der Waals surface area contributed by atoms with Crippen molar-refractivity contribution < 1.29 is 14.3 Å². The number of ether oxygens (including phenoxy) is 1. The lowest BCUT2D eigenvalue weighted by atomic mass is 9.97. The Kier molecular flexibility index (Phi) is 5.89. The predicted molar refractivity (Wildman–Crippen MR) is 87.4 cm³/mol. The maximum Gasteiger partial charge on any atom is 0.309 e. The van der Waals surface area contributed by atoms with E-state index in [1.807, 2.05) is 23.1 Å². The van der Waals surface area contributed by atoms with Crippen LogP contribution in [0.25, 0.3) is 0 Å². The van der Waals surface area contributed by atoms with Crippen LogP contribution in [0.2, 0.25) is 0 Å². The summed E-state index contributed by atoms with van der Waals surface area (Å²) >= 11 is 5.28. The Balaban J connectivity index is 1.83. The molecule has 2 rings (SSSR count). The summed E-state index contributed by atoms with van der Waals surface area (Å²) < 4.78 is 5.04. The highest BCUT2D eigenvalue weighted by Crippen LogP contribution is 2.18. The molecule has 0 aliphatic carbocycles. The molecule has 1 aromatic carbocycles. The van der Waals surface area contributed by atoms with Gasteiger partial charge in [-0.25, -0.2) is 0 Å². The van der Waals surface area contributed by atoms with Crippen molar-refractivity contribution in [2.45, 2.75) is 19.8 Å². The predicted octanol–water partition coefficient (Wildman–Crippen LogP) is 1.98. The van der Waals surface area contributed by atoms with E-state index in [2.05, 4.69) is 5.32 Å². The van der Waals surface area contributed by atoms with Crippen molar-refractivity contribution in [3.8, 4) is 0 Å². The number of nitrogens with zero attached hydrogens (tertiary/aromatic N) is 1. The van der Waals surface area contributed by atoms with Gasteiger partial charge in [-0.15, -0.1) is 0 Å². The fraction of sp³-hybridized carbons (Fsp3) is 0.438. The number of benzene rings is 1. The van der Waals surface area contributed by atoms with Crippen molar-refractivity contribution >= 4 is 29.2 Å². The third kappa shape index (κ3) is 4.27. The molecule has 0 spiro atoms. The molecular formula is C16H20N2O3S. The number of carbonyl (C=O) groups excluding carboxylic acids is 2. The molecule has 1 amide bonds. The first-order valence-electron chi connectivity index (χ1n) is 7.43. The zero-order chi connectivity index (χ0) is 15.9. The van der Waals surface area contributed by atoms with Crippen LogP contribution in [0.3, 0.4) is 0 Å². The molecule has 1 heterocycles. The average Bonchev–Trinajstić information content (AvgIpc) is 2.56. The number of thiocarbonyl (C=S) groups is 1. The Morgan fingerprint density at radius 2 is 1.91 bits per heavy atom. The van der Waals surface area contributed by atoms with Gasteiger partial charge in [0.05, 0.1) is 12.5 Å². The molecule has 0 radical (unpaired) electrons. The Morgan fingerprint density at radius 3 is 2.50 bits per heavy atom. The van der Waals surface area contributed by atoms with E-state index in [1.54, 1.807) is 19.1 Å². The summed E-state index contributed by atoms with van der Waals surface area (Å²) in [6.45, 7) is 3.51. The molecule has 1 aliphatic heterocycles. The SMILES string of the molecule is CCOC(=O)C1CCN(C(=S)NC(=O)c2ccccc2)CC1. The van der Waals surface area contributed by atoms with Crippen LogP contribution in [0, 0.1) is 5.92 Å². The van der Waals surface area contributed by atoms with Gasteiger partial charge in [0.1, 0.15) is 0 Å². The zero-order valence-electron chi connectivity index (χ0n) is 12.6. The number of hydrogen-bond donors (Lipinski definition) is 1. The standard InChI is InChI=1S/C16H20N2O3S/c1-2-21-15(20)13-8-10-18(11-9-13)16(22)17-14(19)12-6-4-3-5-7-12/h3-7,13H,2,8-11H2,1H3,(H,17,19,22). The topological polar surface area (TPSA) is 58.6 Å². The van der Waals surface area contributed by atoms with Gasteiger partial charge in [0.25, 0.3) is 5.91 Å². The molecule has 1 aliphatic rings. The van der Waals surface area contributed by atoms with Crippen molar-refractivity contribution in [2.24, 2.45) is 5.92 Å². The lowest BCUT2D eigenvalue weighted by Gasteiger charge is -2.32. The maximum absolute atomic E-state index is 12.1. The van der Waals surface area contributed by atoms with E-state index in [1.165, 1.54) is 0 Å². The van der Waals surface area contributed by atoms with E-state index in [-0.39, 0.29) is 17.8 Å². The molecular weight excluding hydrogens is 300 g/mol. The highest BCUT2D eigenvalue weighted by Gasteiger charge is 2.27. The van der Waals surface area contributed by atoms with Crippen LogP contribution in [0.15, 0.2) is 30.3 Å². The number of hydrogen-bond acceptors (Lipinski definition) is 4. The van der Waals surface area contributed by atoms with E-state index >= 15 is 0 Å². The molecule has 0 bridgehead atoms. The van der Waals surface area contributed by atoms with Crippen molar-refractivity contribution in [3.63, 3.8) is 0 Å². The van der Waals surface area contributed by atoms with E-state index in [0.717, 1.165) is 0 Å². The Hall–Kier alpha value is -1.95. The first-order valence-corrected chi connectivity index (χ1v) is 7.84. The zero-order valence-corrected chi connectivity index (χ0v) is 13.4. The van der Waals surface area contributed by atoms with Gasteiger partial charge < -0.3 is 9.64 Å². The summed E-state index contributed by atoms with van der Waals surface area (Å²) in [5, 5.41) is 3.15. The molecule has 118 valence electrons. The van der Waals surface area contributed by atoms with Gasteiger partial charge in [0, 0.05) is 18.7 Å². The van der Waals surface area contributed by atoms with Gasteiger partial charge in [0.15, 0.2) is 5.11 Å². The van der Waals surface area contributed by atoms with Crippen LogP contribution >= 0.6 is 12.2 Å². The summed E-state index contributed by atoms with van der Waals surface area (Å²) in [5.41, 5.74) is 0.575. The quantitative estimate of drug-likeness (QED) is 0.682. The fourth-order valence-electron chi connectivity index (χ4n) is 2.42. The van der Waals surface area contributed by atoms with Crippen LogP contribution < -0.4 is 5.32 Å². The van der Waals surface area contributed by atoms with Crippen LogP contribution in [0.1, 0.15) is 30.1 Å². The second kappa shape index (κ2) is 7.89. The van der Waals surface area contributed by atoms with Gasteiger partial charge in [0.2, 0.25) is 0 Å². The monoisotopic (exact) mass is 320 g/mol. The second-order valence-corrected chi connectivity index (χ2v) is 5.53. The number of rotatable bonds is 3. The fourth-order valence-corrected chi connectivity index (χ4v) is 2.69. The van der Waals surface area contributed by atoms with Gasteiger partial charge in [-0.3, -0.25) is 14.9 Å². The molecule has 0 atom stereocenters. The number of likely N-dealkylation sites (tertiary alicyclic amines) is 1. The number of esters is 1. The van der Waals surface area contributed by atoms with E-state index in [9.17, 15) is 9.59 Å². The first-order chi connectivity index (χ1) is 10.6. The van der Waals surface area contributed by atoms with E-state index < -0.39 is 0 Å². The highest BCUT2D eigenvalue weighted by molar-refractivity contribution is 7.80. The maximum atomic E-state index is 12.1. The molecule has 1 saturated heterocycles. The minimum atomic E-state index is -0.210. The third-order valence-electron chi connectivity index (χ3n) is 3.66. The summed E-state index contributed by atoms with van der Waals surface area (Å²) in [5.74, 6) is -0.414. The largest absolute Gasteiger partial charge is 0.466 e. The van der Waals surface area contributed by atoms with Crippen LogP contribution in [-0.2, 0) is 9.53 Å². The molecule has 6 heteroatoms. The number of amides is 1. The lowest BCUT2D eigenvalue weighted by molar-refractivity contribution is -0.149. The van der Waals surface area contributed by atoms with E-state index in [4.69, 9.17) is 17.0 Å². The van der Waals surface area contributed by atoms with Gasteiger partial charge in [-0.05, 0) is 44.1 Å². The normalized spacial score (nSPS) is 15.2. The minimum absolute atomic E-state index is 0.0659. The molecule has 0 unspecified atom stereocenters. The Bertz CT molecular complexity index is 540. The highest BCUT2D eigenvalue weighted by atomic mass is 32.1. The molecule has 22 heavy (non-hydrogen) atoms. The van der Waals surface area contributed by atoms with Gasteiger partial charge in [-0.2, -0.15) is 0 Å². The van der Waals surface area contributed by atoms with Crippen LogP contribution in [0.5, 0.6) is 0 Å². The number of carbonyl (C=O) groups is 2. The van der Waals surface area contributed by atoms with E-state index in [0.29, 0.717) is 43.2 Å². The first kappa shape index (κ1) is 16.4.